The lowest BCUT2D eigenvalue weighted by atomic mass is 9.93. The van der Waals surface area contributed by atoms with E-state index in [1.54, 1.807) is 0 Å². The summed E-state index contributed by atoms with van der Waals surface area (Å²) >= 11 is 0. The quantitative estimate of drug-likeness (QED) is 0.708. The van der Waals surface area contributed by atoms with E-state index in [2.05, 4.69) is 5.32 Å². The average Bonchev–Trinajstić information content (AvgIpc) is 2.24. The van der Waals surface area contributed by atoms with Gasteiger partial charge in [0, 0.05) is 18.9 Å². The molecule has 6 nitrogen and oxygen atoms in total. The van der Waals surface area contributed by atoms with Gasteiger partial charge in [0.25, 0.3) is 0 Å². The number of nitrogens with one attached hydrogen (secondary N) is 1. The molecule has 0 aromatic heterocycles. The molecule has 1 rings (SSSR count). The van der Waals surface area contributed by atoms with Crippen LogP contribution in [0, 0.1) is 0 Å². The van der Waals surface area contributed by atoms with Gasteiger partial charge in [-0.1, -0.05) is 0 Å². The molecule has 0 radical (unpaired) electrons. The van der Waals surface area contributed by atoms with Crippen molar-refractivity contribution in [2.45, 2.75) is 44.2 Å². The fourth-order valence-electron chi connectivity index (χ4n) is 2.12. The highest BCUT2D eigenvalue weighted by molar-refractivity contribution is 7.90. The summed E-state index contributed by atoms with van der Waals surface area (Å²) in [7, 11) is -2.90. The second-order valence-corrected chi connectivity index (χ2v) is 7.04. The zero-order valence-corrected chi connectivity index (χ0v) is 11.4. The van der Waals surface area contributed by atoms with Gasteiger partial charge in [-0.15, -0.1) is 0 Å². The molecule has 0 heterocycles. The second kappa shape index (κ2) is 6.94. The molecule has 18 heavy (non-hydrogen) atoms. The monoisotopic (exact) mass is 279 g/mol. The van der Waals surface area contributed by atoms with Crippen molar-refractivity contribution in [3.05, 3.63) is 0 Å². The Morgan fingerprint density at radius 2 is 1.94 bits per heavy atom. The smallest absolute Gasteiger partial charge is 0.404 e. The van der Waals surface area contributed by atoms with Crippen molar-refractivity contribution in [2.24, 2.45) is 0 Å². The number of hydrogen-bond acceptors (Lipinski definition) is 4. The van der Waals surface area contributed by atoms with Crippen molar-refractivity contribution < 1.29 is 23.1 Å². The van der Waals surface area contributed by atoms with Gasteiger partial charge in [-0.25, -0.2) is 13.2 Å². The molecular weight excluding hydrogens is 258 g/mol. The molecule has 0 bridgehead atoms. The third kappa shape index (κ3) is 6.80. The first-order chi connectivity index (χ1) is 8.37. The first-order valence-electron chi connectivity index (χ1n) is 6.15. The van der Waals surface area contributed by atoms with Gasteiger partial charge in [-0.05, 0) is 32.1 Å². The summed E-state index contributed by atoms with van der Waals surface area (Å²) in [5.41, 5.74) is 0. The van der Waals surface area contributed by atoms with Crippen LogP contribution in [-0.4, -0.2) is 50.4 Å². The summed E-state index contributed by atoms with van der Waals surface area (Å²) in [5.74, 6) is 0.156. The van der Waals surface area contributed by atoms with Crippen molar-refractivity contribution in [1.82, 2.24) is 5.32 Å². The van der Waals surface area contributed by atoms with Crippen molar-refractivity contribution >= 4 is 15.9 Å². The number of carbonyl (C=O) groups is 1. The number of ether oxygens (including phenoxy) is 1. The minimum atomic E-state index is -2.90. The van der Waals surface area contributed by atoms with Crippen LogP contribution in [0.25, 0.3) is 0 Å². The Balaban J connectivity index is 2.10. The highest BCUT2D eigenvalue weighted by atomic mass is 32.2. The molecule has 1 saturated carbocycles. The molecule has 0 aromatic carbocycles. The van der Waals surface area contributed by atoms with Gasteiger partial charge in [0.1, 0.15) is 9.84 Å². The summed E-state index contributed by atoms with van der Waals surface area (Å²) in [4.78, 5) is 10.5. The lowest BCUT2D eigenvalue weighted by Gasteiger charge is -2.28. The van der Waals surface area contributed by atoms with Crippen LogP contribution in [0.5, 0.6) is 0 Å². The summed E-state index contributed by atoms with van der Waals surface area (Å²) in [5, 5.41) is 11.1. The van der Waals surface area contributed by atoms with Crippen LogP contribution in [-0.2, 0) is 14.6 Å². The van der Waals surface area contributed by atoms with Crippen LogP contribution in [0.1, 0.15) is 32.1 Å². The number of hydrogen-bond donors (Lipinski definition) is 2. The maximum atomic E-state index is 10.9. The van der Waals surface area contributed by atoms with Gasteiger partial charge in [-0.3, -0.25) is 0 Å². The molecule has 1 amide bonds. The zero-order chi connectivity index (χ0) is 13.6. The average molecular weight is 279 g/mol. The lowest BCUT2D eigenvalue weighted by Crippen LogP contribution is -2.38. The first-order valence-corrected chi connectivity index (χ1v) is 8.21. The predicted molar refractivity (Wildman–Crippen MR) is 67.5 cm³/mol. The Labute approximate surface area is 108 Å². The Kier molecular flexibility index (Phi) is 5.87. The number of rotatable bonds is 6. The van der Waals surface area contributed by atoms with E-state index in [0.717, 1.165) is 25.7 Å². The van der Waals surface area contributed by atoms with E-state index in [1.807, 2.05) is 0 Å². The molecule has 1 aliphatic rings. The van der Waals surface area contributed by atoms with Gasteiger partial charge in [0.05, 0.1) is 11.9 Å². The van der Waals surface area contributed by atoms with Crippen molar-refractivity contribution in [3.63, 3.8) is 0 Å². The molecule has 0 aromatic rings. The fraction of sp³-hybridized carbons (Fsp3) is 0.909. The van der Waals surface area contributed by atoms with E-state index in [0.29, 0.717) is 13.0 Å². The van der Waals surface area contributed by atoms with E-state index in [-0.39, 0.29) is 17.9 Å². The van der Waals surface area contributed by atoms with Crippen LogP contribution < -0.4 is 5.32 Å². The molecule has 0 atom stereocenters. The van der Waals surface area contributed by atoms with Gasteiger partial charge in [0.15, 0.2) is 0 Å². The van der Waals surface area contributed by atoms with Crippen LogP contribution in [0.2, 0.25) is 0 Å². The second-order valence-electron chi connectivity index (χ2n) is 4.78. The minimum Gasteiger partial charge on any atom is -0.465 e. The van der Waals surface area contributed by atoms with E-state index in [4.69, 9.17) is 9.84 Å². The third-order valence-electron chi connectivity index (χ3n) is 3.01. The number of amides is 1. The highest BCUT2D eigenvalue weighted by Gasteiger charge is 2.22. The summed E-state index contributed by atoms with van der Waals surface area (Å²) in [6.07, 6.45) is 4.10. The molecule has 7 heteroatoms. The highest BCUT2D eigenvalue weighted by Crippen LogP contribution is 2.21. The molecule has 1 fully saturated rings. The Hall–Kier alpha value is -0.820. The van der Waals surface area contributed by atoms with Crippen LogP contribution >= 0.6 is 0 Å². The number of carboxylic acid groups (broad SMARTS) is 1. The molecule has 106 valence electrons. The van der Waals surface area contributed by atoms with Gasteiger partial charge >= 0.3 is 6.09 Å². The van der Waals surface area contributed by atoms with E-state index in [9.17, 15) is 13.2 Å². The number of sulfone groups is 1. The molecule has 2 N–H and O–H groups in total. The summed E-state index contributed by atoms with van der Waals surface area (Å²) < 4.78 is 27.4. The van der Waals surface area contributed by atoms with Crippen LogP contribution in [0.3, 0.4) is 0 Å². The normalized spacial score (nSPS) is 24.7. The Morgan fingerprint density at radius 3 is 2.44 bits per heavy atom. The van der Waals surface area contributed by atoms with Crippen molar-refractivity contribution in [2.75, 3.05) is 18.6 Å². The zero-order valence-electron chi connectivity index (χ0n) is 10.6. The van der Waals surface area contributed by atoms with Crippen molar-refractivity contribution in [3.8, 4) is 0 Å². The minimum absolute atomic E-state index is 0.0263. The fourth-order valence-corrected chi connectivity index (χ4v) is 2.76. The van der Waals surface area contributed by atoms with E-state index >= 15 is 0 Å². The summed E-state index contributed by atoms with van der Waals surface area (Å²) in [6, 6.07) is 0.0263. The van der Waals surface area contributed by atoms with Crippen LogP contribution in [0.4, 0.5) is 4.79 Å². The standard InChI is InChI=1S/C11H21NO5S/c1-18(15,16)8-2-7-17-10-5-3-9(4-6-10)12-11(13)14/h9-10,12H,2-8H2,1H3,(H,13,14)/t9-,10-. The maximum Gasteiger partial charge on any atom is 0.404 e. The maximum absolute atomic E-state index is 10.9. The van der Waals surface area contributed by atoms with Crippen LogP contribution in [0.15, 0.2) is 0 Å². The predicted octanol–water partition coefficient (Wildman–Crippen LogP) is 1.02. The molecule has 0 spiro atoms. The first kappa shape index (κ1) is 15.2. The van der Waals surface area contributed by atoms with Gasteiger partial charge in [0.2, 0.25) is 0 Å². The molecule has 0 aliphatic heterocycles. The molecule has 0 saturated heterocycles. The largest absolute Gasteiger partial charge is 0.465 e. The Bertz CT molecular complexity index is 360. The molecule has 1 aliphatic carbocycles. The molecule has 0 unspecified atom stereocenters. The SMILES string of the molecule is CS(=O)(=O)CCCO[C@H]1CC[C@H](NC(=O)O)CC1. The van der Waals surface area contributed by atoms with Gasteiger partial charge in [-0.2, -0.15) is 0 Å². The van der Waals surface area contributed by atoms with E-state index < -0.39 is 15.9 Å². The van der Waals surface area contributed by atoms with Crippen molar-refractivity contribution in [1.29, 1.82) is 0 Å². The topological polar surface area (TPSA) is 92.7 Å². The Morgan fingerprint density at radius 1 is 1.33 bits per heavy atom. The lowest BCUT2D eigenvalue weighted by molar-refractivity contribution is 0.0233. The summed E-state index contributed by atoms with van der Waals surface area (Å²) in [6.45, 7) is 0.453. The van der Waals surface area contributed by atoms with E-state index in [1.165, 1.54) is 6.26 Å². The molecular formula is C11H21NO5S. The van der Waals surface area contributed by atoms with Gasteiger partial charge < -0.3 is 15.2 Å². The third-order valence-corrected chi connectivity index (χ3v) is 4.05.